The van der Waals surface area contributed by atoms with Crippen LogP contribution in [0.15, 0.2) is 0 Å². The monoisotopic (exact) mass is 223 g/mol. The maximum atomic E-state index is 12.4. The number of carbonyl (C=O) groups is 1. The van der Waals surface area contributed by atoms with Gasteiger partial charge in [0.25, 0.3) is 0 Å². The minimum atomic E-state index is -0.278. The molecule has 1 N–H and O–H groups in total. The smallest absolute Gasteiger partial charge is 0.230 e. The highest BCUT2D eigenvalue weighted by molar-refractivity contribution is 5.83. The molecule has 1 fully saturated rings. The summed E-state index contributed by atoms with van der Waals surface area (Å²) in [4.78, 5) is 14.2. The first-order valence-electron chi connectivity index (χ1n) is 5.90. The van der Waals surface area contributed by atoms with Crippen LogP contribution in [0.1, 0.15) is 33.6 Å². The van der Waals surface area contributed by atoms with Crippen LogP contribution in [-0.2, 0) is 4.79 Å². The van der Waals surface area contributed by atoms with Crippen LogP contribution >= 0.6 is 0 Å². The Labute approximate surface area is 97.6 Å². The Balaban J connectivity index is 2.70. The average molecular weight is 223 g/mol. The first kappa shape index (κ1) is 13.0. The van der Waals surface area contributed by atoms with Crippen LogP contribution < -0.4 is 5.32 Å². The molecule has 1 atom stereocenters. The van der Waals surface area contributed by atoms with Crippen LogP contribution in [0.2, 0.25) is 0 Å². The molecule has 1 amide bonds. The minimum absolute atomic E-state index is 0.165. The van der Waals surface area contributed by atoms with E-state index < -0.39 is 0 Å². The lowest BCUT2D eigenvalue weighted by Crippen LogP contribution is -2.47. The van der Waals surface area contributed by atoms with Gasteiger partial charge in [-0.3, -0.25) is 4.79 Å². The molecule has 4 heteroatoms. The predicted octanol–water partition coefficient (Wildman–Crippen LogP) is 1.14. The van der Waals surface area contributed by atoms with E-state index in [9.17, 15) is 4.79 Å². The van der Waals surface area contributed by atoms with Gasteiger partial charge in [0, 0.05) is 19.1 Å². The number of nitriles is 1. The highest BCUT2D eigenvalue weighted by Gasteiger charge is 2.39. The number of carbonyl (C=O) groups excluding carboxylic acids is 1. The molecule has 1 saturated heterocycles. The number of nitrogens with one attached hydrogen (secondary N) is 1. The van der Waals surface area contributed by atoms with E-state index in [0.717, 1.165) is 19.5 Å². The fraction of sp³-hybridized carbons (Fsp3) is 0.833. The topological polar surface area (TPSA) is 56.1 Å². The van der Waals surface area contributed by atoms with Crippen LogP contribution in [0.5, 0.6) is 0 Å². The van der Waals surface area contributed by atoms with E-state index in [4.69, 9.17) is 5.26 Å². The fourth-order valence-electron chi connectivity index (χ4n) is 2.11. The van der Waals surface area contributed by atoms with Gasteiger partial charge in [-0.25, -0.2) is 0 Å². The SMILES string of the molecule is CC(C)N(CCC#N)C(=O)C1(C)CCNC1. The van der Waals surface area contributed by atoms with Gasteiger partial charge < -0.3 is 10.2 Å². The summed E-state index contributed by atoms with van der Waals surface area (Å²) >= 11 is 0. The summed E-state index contributed by atoms with van der Waals surface area (Å²) in [6, 6.07) is 2.27. The molecule has 1 aliphatic heterocycles. The third-order valence-electron chi connectivity index (χ3n) is 3.23. The van der Waals surface area contributed by atoms with Crippen molar-refractivity contribution in [2.75, 3.05) is 19.6 Å². The lowest BCUT2D eigenvalue weighted by Gasteiger charge is -2.33. The van der Waals surface area contributed by atoms with Crippen LogP contribution in [0.25, 0.3) is 0 Å². The van der Waals surface area contributed by atoms with Gasteiger partial charge in [0.1, 0.15) is 0 Å². The maximum Gasteiger partial charge on any atom is 0.230 e. The Morgan fingerprint density at radius 3 is 2.75 bits per heavy atom. The third-order valence-corrected chi connectivity index (χ3v) is 3.23. The van der Waals surface area contributed by atoms with Crippen molar-refractivity contribution < 1.29 is 4.79 Å². The second-order valence-corrected chi connectivity index (χ2v) is 4.99. The molecule has 1 aliphatic rings. The van der Waals surface area contributed by atoms with Crippen molar-refractivity contribution in [2.24, 2.45) is 5.41 Å². The van der Waals surface area contributed by atoms with Gasteiger partial charge in [0.2, 0.25) is 5.91 Å². The normalized spacial score (nSPS) is 24.4. The van der Waals surface area contributed by atoms with E-state index in [1.807, 2.05) is 25.7 Å². The average Bonchev–Trinajstić information content (AvgIpc) is 2.66. The molecule has 0 spiro atoms. The summed E-state index contributed by atoms with van der Waals surface area (Å²) in [5, 5.41) is 11.8. The van der Waals surface area contributed by atoms with Crippen molar-refractivity contribution in [3.8, 4) is 6.07 Å². The zero-order valence-electron chi connectivity index (χ0n) is 10.4. The molecule has 1 unspecified atom stereocenters. The summed E-state index contributed by atoms with van der Waals surface area (Å²) in [6.07, 6.45) is 1.30. The lowest BCUT2D eigenvalue weighted by molar-refractivity contribution is -0.142. The standard InChI is InChI=1S/C12H21N3O/c1-10(2)15(8-4-6-13)11(16)12(3)5-7-14-9-12/h10,14H,4-5,7-9H2,1-3H3. The molecule has 0 bridgehead atoms. The van der Waals surface area contributed by atoms with Gasteiger partial charge in [-0.05, 0) is 33.7 Å². The molecule has 0 aliphatic carbocycles. The van der Waals surface area contributed by atoms with E-state index in [2.05, 4.69) is 11.4 Å². The van der Waals surface area contributed by atoms with Gasteiger partial charge in [0.05, 0.1) is 17.9 Å². The molecule has 16 heavy (non-hydrogen) atoms. The Kier molecular flexibility index (Phi) is 4.31. The zero-order chi connectivity index (χ0) is 12.2. The quantitative estimate of drug-likeness (QED) is 0.777. The number of hydrogen-bond acceptors (Lipinski definition) is 3. The molecule has 0 aromatic heterocycles. The molecule has 0 saturated carbocycles. The highest BCUT2D eigenvalue weighted by atomic mass is 16.2. The van der Waals surface area contributed by atoms with Crippen LogP contribution in [0.4, 0.5) is 0 Å². The first-order chi connectivity index (χ1) is 7.51. The third kappa shape index (κ3) is 2.73. The minimum Gasteiger partial charge on any atom is -0.339 e. The van der Waals surface area contributed by atoms with Crippen molar-refractivity contribution in [2.45, 2.75) is 39.7 Å². The van der Waals surface area contributed by atoms with Crippen molar-refractivity contribution in [3.63, 3.8) is 0 Å². The van der Waals surface area contributed by atoms with Gasteiger partial charge in [-0.15, -0.1) is 0 Å². The summed E-state index contributed by atoms with van der Waals surface area (Å²) in [6.45, 7) is 8.22. The number of nitrogens with zero attached hydrogens (tertiary/aromatic N) is 2. The van der Waals surface area contributed by atoms with Crippen molar-refractivity contribution in [3.05, 3.63) is 0 Å². The Morgan fingerprint density at radius 2 is 2.31 bits per heavy atom. The van der Waals surface area contributed by atoms with Crippen LogP contribution in [0.3, 0.4) is 0 Å². The summed E-state index contributed by atoms with van der Waals surface area (Å²) in [7, 11) is 0. The fourth-order valence-corrected chi connectivity index (χ4v) is 2.11. The van der Waals surface area contributed by atoms with E-state index in [1.165, 1.54) is 0 Å². The van der Waals surface area contributed by atoms with Gasteiger partial charge >= 0.3 is 0 Å². The maximum absolute atomic E-state index is 12.4. The molecule has 1 rings (SSSR count). The molecule has 0 aromatic carbocycles. The van der Waals surface area contributed by atoms with Crippen molar-refractivity contribution >= 4 is 5.91 Å². The summed E-state index contributed by atoms with van der Waals surface area (Å²) in [5.41, 5.74) is -0.278. The van der Waals surface area contributed by atoms with Crippen molar-refractivity contribution in [1.29, 1.82) is 5.26 Å². The molecular formula is C12H21N3O. The summed E-state index contributed by atoms with van der Waals surface area (Å²) < 4.78 is 0. The van der Waals surface area contributed by atoms with Gasteiger partial charge in [-0.2, -0.15) is 5.26 Å². The highest BCUT2D eigenvalue weighted by Crippen LogP contribution is 2.28. The molecule has 1 heterocycles. The van der Waals surface area contributed by atoms with E-state index in [-0.39, 0.29) is 17.4 Å². The Morgan fingerprint density at radius 1 is 1.62 bits per heavy atom. The largest absolute Gasteiger partial charge is 0.339 e. The molecular weight excluding hydrogens is 202 g/mol. The number of hydrogen-bond donors (Lipinski definition) is 1. The first-order valence-corrected chi connectivity index (χ1v) is 5.90. The predicted molar refractivity (Wildman–Crippen MR) is 62.7 cm³/mol. The van der Waals surface area contributed by atoms with Crippen LogP contribution in [-0.4, -0.2) is 36.5 Å². The second kappa shape index (κ2) is 5.31. The van der Waals surface area contributed by atoms with E-state index in [0.29, 0.717) is 13.0 Å². The molecule has 4 nitrogen and oxygen atoms in total. The van der Waals surface area contributed by atoms with E-state index in [1.54, 1.807) is 0 Å². The van der Waals surface area contributed by atoms with Crippen LogP contribution in [0, 0.1) is 16.7 Å². The number of rotatable bonds is 4. The molecule has 90 valence electrons. The molecule has 0 aromatic rings. The van der Waals surface area contributed by atoms with Gasteiger partial charge in [0.15, 0.2) is 0 Å². The lowest BCUT2D eigenvalue weighted by atomic mass is 9.87. The van der Waals surface area contributed by atoms with E-state index >= 15 is 0 Å². The number of amides is 1. The van der Waals surface area contributed by atoms with Crippen molar-refractivity contribution in [1.82, 2.24) is 10.2 Å². The second-order valence-electron chi connectivity index (χ2n) is 4.99. The Hall–Kier alpha value is -1.08. The zero-order valence-corrected chi connectivity index (χ0v) is 10.4. The van der Waals surface area contributed by atoms with Gasteiger partial charge in [-0.1, -0.05) is 0 Å². The summed E-state index contributed by atoms with van der Waals surface area (Å²) in [5.74, 6) is 0.183. The Bertz CT molecular complexity index is 287. The molecule has 0 radical (unpaired) electrons.